The number of carbonyl (C=O) groups is 1. The number of hydrogen-bond donors (Lipinski definition) is 1. The van der Waals surface area contributed by atoms with Crippen LogP contribution in [0.3, 0.4) is 0 Å². The molecule has 1 N–H and O–H groups in total. The van der Waals surface area contributed by atoms with E-state index in [1.807, 2.05) is 0 Å². The van der Waals surface area contributed by atoms with Crippen molar-refractivity contribution in [3.8, 4) is 17.6 Å². The molecule has 0 aliphatic heterocycles. The highest BCUT2D eigenvalue weighted by molar-refractivity contribution is 5.75. The second-order valence-corrected chi connectivity index (χ2v) is 3.44. The molecule has 1 aromatic carbocycles. The highest BCUT2D eigenvalue weighted by Gasteiger charge is 2.16. The minimum atomic E-state index is -3.07. The molecule has 0 aromatic heterocycles. The molecule has 5 nitrogen and oxygen atoms in total. The average molecular weight is 271 g/mol. The molecule has 19 heavy (non-hydrogen) atoms. The first-order chi connectivity index (χ1) is 8.97. The number of phenols is 1. The van der Waals surface area contributed by atoms with E-state index in [2.05, 4.69) is 9.47 Å². The monoisotopic (exact) mass is 271 g/mol. The summed E-state index contributed by atoms with van der Waals surface area (Å²) in [5, 5.41) is 18.5. The number of nitriles is 1. The Balaban J connectivity index is 3.05. The van der Waals surface area contributed by atoms with Crippen LogP contribution in [-0.4, -0.2) is 24.3 Å². The molecule has 7 heteroatoms. The lowest BCUT2D eigenvalue weighted by Gasteiger charge is -2.10. The maximum atomic E-state index is 12.0. The van der Waals surface area contributed by atoms with Crippen molar-refractivity contribution in [1.29, 1.82) is 5.26 Å². The number of hydrogen-bond acceptors (Lipinski definition) is 5. The maximum absolute atomic E-state index is 12.0. The van der Waals surface area contributed by atoms with E-state index in [1.165, 1.54) is 0 Å². The molecule has 0 amide bonds. The zero-order chi connectivity index (χ0) is 14.4. The number of phenolic OH excluding ortho intramolecular Hbond substituents is 1. The Kier molecular flexibility index (Phi) is 5.06. The summed E-state index contributed by atoms with van der Waals surface area (Å²) in [5.41, 5.74) is -0.105. The van der Waals surface area contributed by atoms with Crippen LogP contribution < -0.4 is 4.74 Å². The predicted molar refractivity (Wildman–Crippen MR) is 59.8 cm³/mol. The second kappa shape index (κ2) is 6.54. The van der Waals surface area contributed by atoms with E-state index in [-0.39, 0.29) is 29.9 Å². The summed E-state index contributed by atoms with van der Waals surface area (Å²) in [4.78, 5) is 11.3. The van der Waals surface area contributed by atoms with Gasteiger partial charge in [0.25, 0.3) is 0 Å². The fraction of sp³-hybridized carbons (Fsp3) is 0.333. The first-order valence-electron chi connectivity index (χ1n) is 5.34. The lowest BCUT2D eigenvalue weighted by Crippen LogP contribution is -2.09. The number of halogens is 2. The number of carbonyl (C=O) groups excluding carboxylic acids is 1. The van der Waals surface area contributed by atoms with E-state index in [9.17, 15) is 18.7 Å². The van der Waals surface area contributed by atoms with E-state index in [1.54, 1.807) is 13.0 Å². The lowest BCUT2D eigenvalue weighted by atomic mass is 10.0. The molecular formula is C12H11F2NO4. The molecule has 0 fully saturated rings. The molecule has 0 spiro atoms. The van der Waals surface area contributed by atoms with Gasteiger partial charge in [0.15, 0.2) is 0 Å². The highest BCUT2D eigenvalue weighted by atomic mass is 19.3. The summed E-state index contributed by atoms with van der Waals surface area (Å²) in [6.07, 6.45) is -0.322. The van der Waals surface area contributed by atoms with Gasteiger partial charge >= 0.3 is 12.6 Å². The Hall–Kier alpha value is -2.36. The summed E-state index contributed by atoms with van der Waals surface area (Å²) in [6.45, 7) is -1.29. The lowest BCUT2D eigenvalue weighted by molar-refractivity contribution is -0.142. The average Bonchev–Trinajstić information content (AvgIpc) is 2.31. The molecule has 1 rings (SSSR count). The number of rotatable bonds is 5. The van der Waals surface area contributed by atoms with Gasteiger partial charge in [0.05, 0.1) is 24.7 Å². The minimum Gasteiger partial charge on any atom is -0.507 e. The van der Waals surface area contributed by atoms with Crippen LogP contribution in [0.4, 0.5) is 8.78 Å². The van der Waals surface area contributed by atoms with Crippen LogP contribution in [0.1, 0.15) is 18.1 Å². The molecular weight excluding hydrogens is 260 g/mol. The van der Waals surface area contributed by atoms with E-state index in [4.69, 9.17) is 5.26 Å². The smallest absolute Gasteiger partial charge is 0.387 e. The van der Waals surface area contributed by atoms with Crippen molar-refractivity contribution in [2.45, 2.75) is 20.0 Å². The van der Waals surface area contributed by atoms with Crippen molar-refractivity contribution in [2.24, 2.45) is 0 Å². The van der Waals surface area contributed by atoms with Gasteiger partial charge in [-0.05, 0) is 13.0 Å². The quantitative estimate of drug-likeness (QED) is 0.828. The van der Waals surface area contributed by atoms with Gasteiger partial charge < -0.3 is 14.6 Å². The summed E-state index contributed by atoms with van der Waals surface area (Å²) >= 11 is 0. The molecule has 0 bridgehead atoms. The first kappa shape index (κ1) is 14.7. The second-order valence-electron chi connectivity index (χ2n) is 3.44. The third-order valence-corrected chi connectivity index (χ3v) is 2.17. The Bertz CT molecular complexity index is 511. The highest BCUT2D eigenvalue weighted by Crippen LogP contribution is 2.29. The van der Waals surface area contributed by atoms with Crippen LogP contribution in [0.5, 0.6) is 11.5 Å². The number of esters is 1. The fourth-order valence-electron chi connectivity index (χ4n) is 1.44. The normalized spacial score (nSPS) is 10.1. The molecule has 0 saturated heterocycles. The molecule has 1 aromatic rings. The number of ether oxygens (including phenoxy) is 2. The van der Waals surface area contributed by atoms with Crippen LogP contribution in [0.2, 0.25) is 0 Å². The van der Waals surface area contributed by atoms with E-state index >= 15 is 0 Å². The van der Waals surface area contributed by atoms with E-state index in [0.717, 1.165) is 12.1 Å². The summed E-state index contributed by atoms with van der Waals surface area (Å²) in [5.74, 6) is -1.45. The molecule has 0 aliphatic carbocycles. The Morgan fingerprint density at radius 2 is 2.21 bits per heavy atom. The third kappa shape index (κ3) is 4.10. The van der Waals surface area contributed by atoms with Crippen molar-refractivity contribution in [1.82, 2.24) is 0 Å². The number of aromatic hydroxyl groups is 1. The predicted octanol–water partition coefficient (Wildman–Crippen LogP) is 1.97. The summed E-state index contributed by atoms with van der Waals surface area (Å²) in [7, 11) is 0. The minimum absolute atomic E-state index is 0.0163. The topological polar surface area (TPSA) is 79.6 Å². The van der Waals surface area contributed by atoms with Crippen LogP contribution in [0.25, 0.3) is 0 Å². The number of nitrogens with zero attached hydrogens (tertiary/aromatic N) is 1. The van der Waals surface area contributed by atoms with Crippen LogP contribution >= 0.6 is 0 Å². The van der Waals surface area contributed by atoms with Gasteiger partial charge in [-0.3, -0.25) is 4.79 Å². The largest absolute Gasteiger partial charge is 0.507 e. The van der Waals surface area contributed by atoms with Crippen LogP contribution in [0, 0.1) is 11.3 Å². The third-order valence-electron chi connectivity index (χ3n) is 2.17. The van der Waals surface area contributed by atoms with Gasteiger partial charge in [0, 0.05) is 11.6 Å². The SMILES string of the molecule is CCOC(=O)Cc1c(O)cc(OC(F)F)cc1C#N. The Morgan fingerprint density at radius 1 is 1.53 bits per heavy atom. The van der Waals surface area contributed by atoms with Crippen molar-refractivity contribution in [2.75, 3.05) is 6.61 Å². The van der Waals surface area contributed by atoms with Gasteiger partial charge in [-0.15, -0.1) is 0 Å². The van der Waals surface area contributed by atoms with Crippen molar-refractivity contribution in [3.63, 3.8) is 0 Å². The molecule has 0 heterocycles. The van der Waals surface area contributed by atoms with Gasteiger partial charge in [0.2, 0.25) is 0 Å². The maximum Gasteiger partial charge on any atom is 0.387 e. The molecule has 0 unspecified atom stereocenters. The first-order valence-corrected chi connectivity index (χ1v) is 5.34. The zero-order valence-electron chi connectivity index (χ0n) is 10.0. The van der Waals surface area contributed by atoms with Crippen LogP contribution in [0.15, 0.2) is 12.1 Å². The molecule has 102 valence electrons. The van der Waals surface area contributed by atoms with E-state index in [0.29, 0.717) is 0 Å². The van der Waals surface area contributed by atoms with Gasteiger partial charge in [-0.2, -0.15) is 14.0 Å². The Morgan fingerprint density at radius 3 is 2.74 bits per heavy atom. The standard InChI is InChI=1S/C12H11F2NO4/c1-2-18-11(17)5-9-7(6-15)3-8(4-10(9)16)19-12(13)14/h3-4,12,16H,2,5H2,1H3. The Labute approximate surface area is 108 Å². The van der Waals surface area contributed by atoms with Crippen molar-refractivity contribution >= 4 is 5.97 Å². The molecule has 0 aliphatic rings. The molecule has 0 radical (unpaired) electrons. The van der Waals surface area contributed by atoms with Crippen LogP contribution in [-0.2, 0) is 16.0 Å². The number of benzene rings is 1. The molecule has 0 saturated carbocycles. The number of alkyl halides is 2. The van der Waals surface area contributed by atoms with Gasteiger partial charge in [-0.25, -0.2) is 0 Å². The molecule has 0 atom stereocenters. The summed E-state index contributed by atoms with van der Waals surface area (Å²) < 4.78 is 32.8. The van der Waals surface area contributed by atoms with Crippen molar-refractivity contribution in [3.05, 3.63) is 23.3 Å². The van der Waals surface area contributed by atoms with Gasteiger partial charge in [-0.1, -0.05) is 0 Å². The zero-order valence-corrected chi connectivity index (χ0v) is 10.0. The fourth-order valence-corrected chi connectivity index (χ4v) is 1.44. The van der Waals surface area contributed by atoms with E-state index < -0.39 is 18.3 Å². The van der Waals surface area contributed by atoms with Crippen molar-refractivity contribution < 1.29 is 28.2 Å². The van der Waals surface area contributed by atoms with Gasteiger partial charge in [0.1, 0.15) is 11.5 Å². The summed E-state index contributed by atoms with van der Waals surface area (Å²) in [6, 6.07) is 3.65.